The van der Waals surface area contributed by atoms with Crippen LogP contribution in [-0.4, -0.2) is 19.3 Å². The fourth-order valence-corrected chi connectivity index (χ4v) is 1.46. The van der Waals surface area contributed by atoms with Crippen LogP contribution in [0.3, 0.4) is 0 Å². The summed E-state index contributed by atoms with van der Waals surface area (Å²) in [6.07, 6.45) is 3.51. The highest BCUT2D eigenvalue weighted by molar-refractivity contribution is 4.75. The van der Waals surface area contributed by atoms with Gasteiger partial charge in [-0.3, -0.25) is 0 Å². The van der Waals surface area contributed by atoms with Gasteiger partial charge in [0.05, 0.1) is 6.61 Å². The van der Waals surface area contributed by atoms with E-state index < -0.39 is 0 Å². The first-order valence-corrected chi connectivity index (χ1v) is 4.18. The van der Waals surface area contributed by atoms with E-state index in [0.29, 0.717) is 12.0 Å². The lowest BCUT2D eigenvalue weighted by Gasteiger charge is -2.15. The van der Waals surface area contributed by atoms with Crippen LogP contribution in [-0.2, 0) is 4.74 Å². The summed E-state index contributed by atoms with van der Waals surface area (Å²) in [5.41, 5.74) is 5.91. The molecule has 2 atom stereocenters. The minimum atomic E-state index is 0.382. The average molecular weight is 143 g/mol. The molecule has 1 rings (SSSR count). The van der Waals surface area contributed by atoms with Crippen LogP contribution in [0.4, 0.5) is 0 Å². The number of hydrogen-bond acceptors (Lipinski definition) is 2. The van der Waals surface area contributed by atoms with Crippen molar-refractivity contribution in [3.8, 4) is 0 Å². The van der Waals surface area contributed by atoms with Crippen molar-refractivity contribution in [3.05, 3.63) is 0 Å². The minimum Gasteiger partial charge on any atom is -0.381 e. The summed E-state index contributed by atoms with van der Waals surface area (Å²) in [7, 11) is 0. The van der Waals surface area contributed by atoms with Crippen molar-refractivity contribution in [1.82, 2.24) is 0 Å². The van der Waals surface area contributed by atoms with Crippen molar-refractivity contribution < 1.29 is 4.74 Å². The molecule has 2 heteroatoms. The van der Waals surface area contributed by atoms with E-state index in [9.17, 15) is 0 Å². The fourth-order valence-electron chi connectivity index (χ4n) is 1.46. The maximum Gasteiger partial charge on any atom is 0.0509 e. The van der Waals surface area contributed by atoms with Gasteiger partial charge in [0, 0.05) is 12.6 Å². The fraction of sp³-hybridized carbons (Fsp3) is 1.00. The second-order valence-electron chi connectivity index (χ2n) is 3.08. The van der Waals surface area contributed by atoms with E-state index in [-0.39, 0.29) is 0 Å². The third-order valence-corrected chi connectivity index (χ3v) is 2.19. The van der Waals surface area contributed by atoms with Gasteiger partial charge < -0.3 is 10.5 Å². The van der Waals surface area contributed by atoms with Gasteiger partial charge in [-0.25, -0.2) is 0 Å². The summed E-state index contributed by atoms with van der Waals surface area (Å²) >= 11 is 0. The molecular weight excluding hydrogens is 126 g/mol. The first-order valence-electron chi connectivity index (χ1n) is 4.18. The van der Waals surface area contributed by atoms with Crippen molar-refractivity contribution in [2.75, 3.05) is 13.2 Å². The molecule has 1 aliphatic heterocycles. The summed E-state index contributed by atoms with van der Waals surface area (Å²) in [6, 6.07) is 0.382. The zero-order valence-electron chi connectivity index (χ0n) is 6.68. The number of nitrogens with two attached hydrogens (primary N) is 1. The molecule has 10 heavy (non-hydrogen) atoms. The molecule has 0 amide bonds. The second kappa shape index (κ2) is 3.94. The van der Waals surface area contributed by atoms with Crippen molar-refractivity contribution in [2.45, 2.75) is 32.2 Å². The zero-order chi connectivity index (χ0) is 7.40. The first kappa shape index (κ1) is 8.02. The van der Waals surface area contributed by atoms with Crippen LogP contribution in [0.15, 0.2) is 0 Å². The van der Waals surface area contributed by atoms with Gasteiger partial charge in [-0.2, -0.15) is 0 Å². The molecule has 60 valence electrons. The highest BCUT2D eigenvalue weighted by Gasteiger charge is 2.21. The summed E-state index contributed by atoms with van der Waals surface area (Å²) in [6.45, 7) is 3.99. The molecular formula is C8H17NO. The Morgan fingerprint density at radius 1 is 1.70 bits per heavy atom. The Morgan fingerprint density at radius 3 is 3.00 bits per heavy atom. The molecule has 1 aliphatic rings. The standard InChI is InChI=1S/C8H17NO/c1-2-3-8(9)7-4-5-10-6-7/h7-8H,2-6,9H2,1H3/t7?,8-/m0/s1. The van der Waals surface area contributed by atoms with Crippen LogP contribution in [0.1, 0.15) is 26.2 Å². The lowest BCUT2D eigenvalue weighted by molar-refractivity contribution is 0.179. The average Bonchev–Trinajstić information content (AvgIpc) is 2.38. The molecule has 2 N–H and O–H groups in total. The molecule has 2 nitrogen and oxygen atoms in total. The van der Waals surface area contributed by atoms with Crippen LogP contribution in [0.25, 0.3) is 0 Å². The topological polar surface area (TPSA) is 35.2 Å². The predicted molar refractivity (Wildman–Crippen MR) is 41.8 cm³/mol. The van der Waals surface area contributed by atoms with Crippen LogP contribution < -0.4 is 5.73 Å². The molecule has 0 aromatic carbocycles. The van der Waals surface area contributed by atoms with Crippen LogP contribution >= 0.6 is 0 Å². The Labute approximate surface area is 62.7 Å². The van der Waals surface area contributed by atoms with Gasteiger partial charge in [0.2, 0.25) is 0 Å². The van der Waals surface area contributed by atoms with Gasteiger partial charge in [0.1, 0.15) is 0 Å². The van der Waals surface area contributed by atoms with Gasteiger partial charge in [-0.05, 0) is 18.8 Å². The Morgan fingerprint density at radius 2 is 2.50 bits per heavy atom. The number of ether oxygens (including phenoxy) is 1. The van der Waals surface area contributed by atoms with Crippen molar-refractivity contribution in [1.29, 1.82) is 0 Å². The Hall–Kier alpha value is -0.0800. The Bertz CT molecular complexity index is 89.3. The van der Waals surface area contributed by atoms with Crippen molar-refractivity contribution >= 4 is 0 Å². The first-order chi connectivity index (χ1) is 4.84. The Balaban J connectivity index is 2.18. The molecule has 0 spiro atoms. The third kappa shape index (κ3) is 1.96. The van der Waals surface area contributed by atoms with E-state index >= 15 is 0 Å². The Kier molecular flexibility index (Phi) is 3.16. The van der Waals surface area contributed by atoms with Gasteiger partial charge >= 0.3 is 0 Å². The summed E-state index contributed by atoms with van der Waals surface area (Å²) in [4.78, 5) is 0. The largest absolute Gasteiger partial charge is 0.381 e. The molecule has 1 heterocycles. The summed E-state index contributed by atoms with van der Waals surface area (Å²) in [5.74, 6) is 0.639. The molecule has 1 unspecified atom stereocenters. The van der Waals surface area contributed by atoms with Gasteiger partial charge in [-0.15, -0.1) is 0 Å². The molecule has 0 aromatic rings. The van der Waals surface area contributed by atoms with E-state index in [1.165, 1.54) is 12.8 Å². The van der Waals surface area contributed by atoms with E-state index in [0.717, 1.165) is 19.6 Å². The summed E-state index contributed by atoms with van der Waals surface area (Å²) < 4.78 is 5.24. The quantitative estimate of drug-likeness (QED) is 0.643. The van der Waals surface area contributed by atoms with Gasteiger partial charge in [0.25, 0.3) is 0 Å². The lowest BCUT2D eigenvalue weighted by Crippen LogP contribution is -2.29. The van der Waals surface area contributed by atoms with E-state index in [1.807, 2.05) is 0 Å². The SMILES string of the molecule is CCC[C@H](N)C1CCOC1. The normalized spacial score (nSPS) is 28.8. The molecule has 0 bridgehead atoms. The maximum atomic E-state index is 5.91. The minimum absolute atomic E-state index is 0.382. The summed E-state index contributed by atoms with van der Waals surface area (Å²) in [5, 5.41) is 0. The highest BCUT2D eigenvalue weighted by atomic mass is 16.5. The molecule has 0 saturated carbocycles. The molecule has 0 aromatic heterocycles. The second-order valence-corrected chi connectivity index (χ2v) is 3.08. The number of rotatable bonds is 3. The van der Waals surface area contributed by atoms with E-state index in [2.05, 4.69) is 6.92 Å². The van der Waals surface area contributed by atoms with Crippen molar-refractivity contribution in [2.24, 2.45) is 11.7 Å². The van der Waals surface area contributed by atoms with E-state index in [1.54, 1.807) is 0 Å². The van der Waals surface area contributed by atoms with Gasteiger partial charge in [-0.1, -0.05) is 13.3 Å². The molecule has 0 radical (unpaired) electrons. The third-order valence-electron chi connectivity index (χ3n) is 2.19. The smallest absolute Gasteiger partial charge is 0.0509 e. The van der Waals surface area contributed by atoms with Crippen molar-refractivity contribution in [3.63, 3.8) is 0 Å². The molecule has 1 fully saturated rings. The van der Waals surface area contributed by atoms with Crippen LogP contribution in [0.2, 0.25) is 0 Å². The molecule has 0 aliphatic carbocycles. The van der Waals surface area contributed by atoms with Crippen LogP contribution in [0, 0.1) is 5.92 Å². The monoisotopic (exact) mass is 143 g/mol. The number of hydrogen-bond donors (Lipinski definition) is 1. The predicted octanol–water partition coefficient (Wildman–Crippen LogP) is 1.15. The zero-order valence-corrected chi connectivity index (χ0v) is 6.68. The highest BCUT2D eigenvalue weighted by Crippen LogP contribution is 2.17. The van der Waals surface area contributed by atoms with E-state index in [4.69, 9.17) is 10.5 Å². The maximum absolute atomic E-state index is 5.91. The van der Waals surface area contributed by atoms with Crippen LogP contribution in [0.5, 0.6) is 0 Å². The molecule has 1 saturated heterocycles. The lowest BCUT2D eigenvalue weighted by atomic mass is 9.96. The van der Waals surface area contributed by atoms with Gasteiger partial charge in [0.15, 0.2) is 0 Å².